The fourth-order valence-electron chi connectivity index (χ4n) is 1.85. The van der Waals surface area contributed by atoms with E-state index in [1.54, 1.807) is 6.07 Å². The molecule has 76 valence electrons. The molecular weight excluding hydrogens is 198 g/mol. The van der Waals surface area contributed by atoms with Crippen molar-refractivity contribution in [1.29, 1.82) is 0 Å². The number of likely N-dealkylation sites (tertiary alicyclic amines) is 1. The lowest BCUT2D eigenvalue weighted by Gasteiger charge is -2.14. The molecule has 0 atom stereocenters. The Bertz CT molecular complexity index is 321. The van der Waals surface area contributed by atoms with Crippen molar-refractivity contribution in [3.8, 4) is 5.75 Å². The van der Waals surface area contributed by atoms with Gasteiger partial charge in [-0.1, -0.05) is 17.7 Å². The first-order chi connectivity index (χ1) is 6.75. The van der Waals surface area contributed by atoms with Gasteiger partial charge in [-0.05, 0) is 43.6 Å². The monoisotopic (exact) mass is 211 g/mol. The van der Waals surface area contributed by atoms with E-state index in [9.17, 15) is 5.11 Å². The van der Waals surface area contributed by atoms with Gasteiger partial charge in [0.2, 0.25) is 0 Å². The molecule has 1 aromatic carbocycles. The third-order valence-corrected chi connectivity index (χ3v) is 2.92. The zero-order chi connectivity index (χ0) is 9.97. The van der Waals surface area contributed by atoms with E-state index >= 15 is 0 Å². The minimum Gasteiger partial charge on any atom is -0.506 e. The van der Waals surface area contributed by atoms with E-state index in [-0.39, 0.29) is 5.75 Å². The van der Waals surface area contributed by atoms with Gasteiger partial charge >= 0.3 is 0 Å². The average molecular weight is 212 g/mol. The molecule has 0 aromatic heterocycles. The van der Waals surface area contributed by atoms with Gasteiger partial charge in [-0.2, -0.15) is 0 Å². The van der Waals surface area contributed by atoms with Crippen LogP contribution in [0.5, 0.6) is 5.75 Å². The lowest BCUT2D eigenvalue weighted by Crippen LogP contribution is -2.18. The van der Waals surface area contributed by atoms with Crippen LogP contribution in [0.4, 0.5) is 0 Å². The SMILES string of the molecule is Oc1ccc(CN2CCCC2)cc1Cl. The van der Waals surface area contributed by atoms with Gasteiger partial charge in [-0.15, -0.1) is 0 Å². The van der Waals surface area contributed by atoms with Crippen molar-refractivity contribution in [2.45, 2.75) is 19.4 Å². The highest BCUT2D eigenvalue weighted by atomic mass is 35.5. The maximum absolute atomic E-state index is 9.26. The van der Waals surface area contributed by atoms with Crippen LogP contribution in [-0.4, -0.2) is 23.1 Å². The summed E-state index contributed by atoms with van der Waals surface area (Å²) in [6.45, 7) is 3.30. The number of hydrogen-bond donors (Lipinski definition) is 1. The lowest BCUT2D eigenvalue weighted by molar-refractivity contribution is 0.331. The highest BCUT2D eigenvalue weighted by Gasteiger charge is 2.12. The van der Waals surface area contributed by atoms with Crippen LogP contribution in [0.2, 0.25) is 5.02 Å². The van der Waals surface area contributed by atoms with E-state index in [1.807, 2.05) is 12.1 Å². The van der Waals surface area contributed by atoms with E-state index in [1.165, 1.54) is 31.5 Å². The maximum atomic E-state index is 9.26. The number of benzene rings is 1. The summed E-state index contributed by atoms with van der Waals surface area (Å²) in [5, 5.41) is 9.71. The first-order valence-electron chi connectivity index (χ1n) is 4.95. The minimum absolute atomic E-state index is 0.164. The fourth-order valence-corrected chi connectivity index (χ4v) is 2.05. The van der Waals surface area contributed by atoms with E-state index in [0.29, 0.717) is 5.02 Å². The summed E-state index contributed by atoms with van der Waals surface area (Å²) in [6, 6.07) is 5.43. The summed E-state index contributed by atoms with van der Waals surface area (Å²) in [5.41, 5.74) is 1.18. The molecular formula is C11H14ClNO. The summed E-state index contributed by atoms with van der Waals surface area (Å²) in [5.74, 6) is 0.164. The first-order valence-corrected chi connectivity index (χ1v) is 5.33. The van der Waals surface area contributed by atoms with Gasteiger partial charge in [0.05, 0.1) is 5.02 Å². The van der Waals surface area contributed by atoms with E-state index < -0.39 is 0 Å². The molecule has 0 radical (unpaired) electrons. The second-order valence-electron chi connectivity index (χ2n) is 3.77. The molecule has 0 spiro atoms. The standard InChI is InChI=1S/C11H14ClNO/c12-10-7-9(3-4-11(10)14)8-13-5-1-2-6-13/h3-4,7,14H,1-2,5-6,8H2. The largest absolute Gasteiger partial charge is 0.506 e. The van der Waals surface area contributed by atoms with E-state index in [4.69, 9.17) is 11.6 Å². The second kappa shape index (κ2) is 4.20. The second-order valence-corrected chi connectivity index (χ2v) is 4.18. The highest BCUT2D eigenvalue weighted by Crippen LogP contribution is 2.24. The molecule has 14 heavy (non-hydrogen) atoms. The van der Waals surface area contributed by atoms with Crippen LogP contribution in [0.1, 0.15) is 18.4 Å². The molecule has 2 rings (SSSR count). The Kier molecular flexibility index (Phi) is 2.94. The number of phenolic OH excluding ortho intramolecular Hbond substituents is 1. The van der Waals surface area contributed by atoms with Crippen molar-refractivity contribution in [3.63, 3.8) is 0 Å². The van der Waals surface area contributed by atoms with Crippen LogP contribution in [0, 0.1) is 0 Å². The molecule has 0 aliphatic carbocycles. The quantitative estimate of drug-likeness (QED) is 0.813. The average Bonchev–Trinajstić information content (AvgIpc) is 2.64. The van der Waals surface area contributed by atoms with Crippen LogP contribution in [0.25, 0.3) is 0 Å². The summed E-state index contributed by atoms with van der Waals surface area (Å²) in [6.07, 6.45) is 2.59. The molecule has 1 aliphatic heterocycles. The number of aromatic hydroxyl groups is 1. The Hall–Kier alpha value is -0.730. The Balaban J connectivity index is 2.05. The van der Waals surface area contributed by atoms with Crippen molar-refractivity contribution in [2.75, 3.05) is 13.1 Å². The van der Waals surface area contributed by atoms with Gasteiger partial charge in [0.15, 0.2) is 0 Å². The van der Waals surface area contributed by atoms with Crippen molar-refractivity contribution >= 4 is 11.6 Å². The number of rotatable bonds is 2. The predicted molar refractivity (Wildman–Crippen MR) is 57.6 cm³/mol. The van der Waals surface area contributed by atoms with Crippen LogP contribution in [0.3, 0.4) is 0 Å². The summed E-state index contributed by atoms with van der Waals surface area (Å²) < 4.78 is 0. The minimum atomic E-state index is 0.164. The zero-order valence-corrected chi connectivity index (χ0v) is 8.80. The van der Waals surface area contributed by atoms with E-state index in [2.05, 4.69) is 4.90 Å². The molecule has 1 aliphatic rings. The van der Waals surface area contributed by atoms with Crippen LogP contribution < -0.4 is 0 Å². The molecule has 3 heteroatoms. The Morgan fingerprint density at radius 3 is 2.64 bits per heavy atom. The van der Waals surface area contributed by atoms with Crippen LogP contribution in [-0.2, 0) is 6.54 Å². The maximum Gasteiger partial charge on any atom is 0.134 e. The normalized spacial score (nSPS) is 17.5. The molecule has 1 aromatic rings. The third kappa shape index (κ3) is 2.20. The summed E-state index contributed by atoms with van der Waals surface area (Å²) in [4.78, 5) is 2.41. The third-order valence-electron chi connectivity index (χ3n) is 2.62. The Morgan fingerprint density at radius 1 is 1.29 bits per heavy atom. The molecule has 1 N–H and O–H groups in total. The predicted octanol–water partition coefficient (Wildman–Crippen LogP) is 2.64. The molecule has 2 nitrogen and oxygen atoms in total. The van der Waals surface area contributed by atoms with Crippen LogP contribution in [0.15, 0.2) is 18.2 Å². The molecule has 0 bridgehead atoms. The molecule has 0 amide bonds. The van der Waals surface area contributed by atoms with E-state index in [0.717, 1.165) is 6.54 Å². The van der Waals surface area contributed by atoms with Crippen molar-refractivity contribution in [2.24, 2.45) is 0 Å². The van der Waals surface area contributed by atoms with Crippen molar-refractivity contribution < 1.29 is 5.11 Å². The van der Waals surface area contributed by atoms with Crippen molar-refractivity contribution in [3.05, 3.63) is 28.8 Å². The van der Waals surface area contributed by atoms with Gasteiger partial charge < -0.3 is 5.11 Å². The lowest BCUT2D eigenvalue weighted by atomic mass is 10.2. The van der Waals surface area contributed by atoms with Gasteiger partial charge in [0.1, 0.15) is 5.75 Å². The van der Waals surface area contributed by atoms with Crippen molar-refractivity contribution in [1.82, 2.24) is 4.90 Å². The molecule has 0 unspecified atom stereocenters. The zero-order valence-electron chi connectivity index (χ0n) is 8.04. The van der Waals surface area contributed by atoms with Crippen LogP contribution >= 0.6 is 11.6 Å². The number of nitrogens with zero attached hydrogens (tertiary/aromatic N) is 1. The highest BCUT2D eigenvalue weighted by molar-refractivity contribution is 6.32. The first kappa shape index (κ1) is 9.81. The van der Waals surface area contributed by atoms with Gasteiger partial charge in [0, 0.05) is 6.54 Å². The molecule has 1 saturated heterocycles. The Labute approximate surface area is 89.1 Å². The summed E-state index contributed by atoms with van der Waals surface area (Å²) in [7, 11) is 0. The smallest absolute Gasteiger partial charge is 0.134 e. The van der Waals surface area contributed by atoms with Gasteiger partial charge in [-0.3, -0.25) is 4.90 Å². The molecule has 0 saturated carbocycles. The number of halogens is 1. The topological polar surface area (TPSA) is 23.5 Å². The number of phenols is 1. The van der Waals surface area contributed by atoms with Gasteiger partial charge in [-0.25, -0.2) is 0 Å². The molecule has 1 fully saturated rings. The molecule has 1 heterocycles. The fraction of sp³-hybridized carbons (Fsp3) is 0.455. The number of hydrogen-bond acceptors (Lipinski definition) is 2. The summed E-state index contributed by atoms with van der Waals surface area (Å²) >= 11 is 5.83. The van der Waals surface area contributed by atoms with Gasteiger partial charge in [0.25, 0.3) is 0 Å². The Morgan fingerprint density at radius 2 is 2.00 bits per heavy atom.